The number of phenols is 1. The summed E-state index contributed by atoms with van der Waals surface area (Å²) in [7, 11) is 0. The number of carbonyl (C=O) groups excluding carboxylic acids is 1. The van der Waals surface area contributed by atoms with Gasteiger partial charge in [0, 0.05) is 17.0 Å². The summed E-state index contributed by atoms with van der Waals surface area (Å²) >= 11 is 2.33. The lowest BCUT2D eigenvalue weighted by atomic mass is 10.0. The van der Waals surface area contributed by atoms with Gasteiger partial charge in [0.25, 0.3) is 5.91 Å². The van der Waals surface area contributed by atoms with Crippen LogP contribution >= 0.6 is 22.6 Å². The van der Waals surface area contributed by atoms with Crippen molar-refractivity contribution in [2.75, 3.05) is 11.0 Å². The van der Waals surface area contributed by atoms with Gasteiger partial charge in [0.2, 0.25) is 0 Å². The summed E-state index contributed by atoms with van der Waals surface area (Å²) in [5.41, 5.74) is 7.09. The van der Waals surface area contributed by atoms with Crippen molar-refractivity contribution in [2.24, 2.45) is 5.73 Å². The maximum absolute atomic E-state index is 11.3. The number of nitrogens with two attached hydrogens (primary N) is 1. The standard InChI is InChI=1S/C19H23IN2O3/c20-11-15(8-6-13-4-2-1-3-5-13)22-12-18(24)14-7-9-17(23)16(10-14)19(21)25/h1-5,7,9-10,15,18,22-24H,6,8,11-12H2,(H2,21,25)/t15?,18-/m0/s1. The largest absolute Gasteiger partial charge is 0.507 e. The minimum atomic E-state index is -0.777. The quantitative estimate of drug-likeness (QED) is 0.346. The van der Waals surface area contributed by atoms with E-state index in [1.165, 1.54) is 17.7 Å². The lowest BCUT2D eigenvalue weighted by molar-refractivity contribution is 0.0997. The summed E-state index contributed by atoms with van der Waals surface area (Å²) in [6.45, 7) is 0.367. The van der Waals surface area contributed by atoms with E-state index in [-0.39, 0.29) is 17.4 Å². The maximum atomic E-state index is 11.3. The van der Waals surface area contributed by atoms with Gasteiger partial charge in [0.05, 0.1) is 11.7 Å². The smallest absolute Gasteiger partial charge is 0.252 e. The van der Waals surface area contributed by atoms with Crippen LogP contribution in [0.25, 0.3) is 0 Å². The van der Waals surface area contributed by atoms with Gasteiger partial charge in [-0.3, -0.25) is 4.79 Å². The number of rotatable bonds is 9. The molecule has 6 heteroatoms. The number of carbonyl (C=O) groups is 1. The van der Waals surface area contributed by atoms with Crippen molar-refractivity contribution in [1.82, 2.24) is 5.32 Å². The van der Waals surface area contributed by atoms with Crippen LogP contribution in [0, 0.1) is 0 Å². The molecular weight excluding hydrogens is 431 g/mol. The second-order valence-electron chi connectivity index (χ2n) is 5.94. The highest BCUT2D eigenvalue weighted by Crippen LogP contribution is 2.22. The number of alkyl halides is 1. The van der Waals surface area contributed by atoms with Crippen LogP contribution in [0.5, 0.6) is 5.75 Å². The Kier molecular flexibility index (Phi) is 7.67. The van der Waals surface area contributed by atoms with Crippen molar-refractivity contribution in [3.8, 4) is 5.75 Å². The first kappa shape index (κ1) is 19.7. The molecule has 2 aromatic rings. The first-order valence-corrected chi connectivity index (χ1v) is 9.68. The van der Waals surface area contributed by atoms with E-state index in [0.29, 0.717) is 12.1 Å². The van der Waals surface area contributed by atoms with E-state index in [1.807, 2.05) is 18.2 Å². The molecule has 25 heavy (non-hydrogen) atoms. The number of halogens is 1. The second-order valence-corrected chi connectivity index (χ2v) is 6.82. The number of hydrogen-bond donors (Lipinski definition) is 4. The first-order chi connectivity index (χ1) is 12.0. The molecule has 2 atom stereocenters. The molecule has 0 heterocycles. The normalized spacial score (nSPS) is 13.4. The average molecular weight is 454 g/mol. The molecule has 0 radical (unpaired) electrons. The van der Waals surface area contributed by atoms with E-state index in [1.54, 1.807) is 6.07 Å². The van der Waals surface area contributed by atoms with Gasteiger partial charge in [-0.15, -0.1) is 0 Å². The Balaban J connectivity index is 1.90. The molecule has 0 saturated heterocycles. The van der Waals surface area contributed by atoms with Crippen molar-refractivity contribution in [3.63, 3.8) is 0 Å². The fourth-order valence-electron chi connectivity index (χ4n) is 2.57. The fraction of sp³-hybridized carbons (Fsp3) is 0.316. The Bertz CT molecular complexity index is 694. The predicted molar refractivity (Wildman–Crippen MR) is 107 cm³/mol. The molecule has 0 aromatic heterocycles. The van der Waals surface area contributed by atoms with Gasteiger partial charge in [-0.2, -0.15) is 0 Å². The van der Waals surface area contributed by atoms with Crippen LogP contribution in [0.3, 0.4) is 0 Å². The van der Waals surface area contributed by atoms with Gasteiger partial charge in [-0.05, 0) is 36.1 Å². The predicted octanol–water partition coefficient (Wildman–Crippen LogP) is 2.55. The van der Waals surface area contributed by atoms with Crippen LogP contribution in [0.1, 0.15) is 34.0 Å². The van der Waals surface area contributed by atoms with Crippen LogP contribution < -0.4 is 11.1 Å². The molecule has 2 rings (SSSR count). The Morgan fingerprint density at radius 1 is 1.20 bits per heavy atom. The molecule has 0 fully saturated rings. The summed E-state index contributed by atoms with van der Waals surface area (Å²) in [6.07, 6.45) is 1.17. The lowest BCUT2D eigenvalue weighted by Gasteiger charge is -2.19. The highest BCUT2D eigenvalue weighted by molar-refractivity contribution is 14.1. The molecule has 0 saturated carbocycles. The summed E-state index contributed by atoms with van der Waals surface area (Å²) in [5, 5.41) is 23.3. The van der Waals surface area contributed by atoms with Gasteiger partial charge in [-0.1, -0.05) is 59.0 Å². The van der Waals surface area contributed by atoms with Crippen molar-refractivity contribution in [1.29, 1.82) is 0 Å². The molecule has 1 unspecified atom stereocenters. The Hall–Kier alpha value is -1.64. The number of primary amides is 1. The van der Waals surface area contributed by atoms with Crippen molar-refractivity contribution >= 4 is 28.5 Å². The lowest BCUT2D eigenvalue weighted by Crippen LogP contribution is -2.34. The molecule has 0 aliphatic heterocycles. The third-order valence-corrected chi connectivity index (χ3v) is 5.14. The molecule has 134 valence electrons. The number of amides is 1. The minimum Gasteiger partial charge on any atom is -0.507 e. The number of aliphatic hydroxyl groups is 1. The van der Waals surface area contributed by atoms with Crippen molar-refractivity contribution in [3.05, 3.63) is 65.2 Å². The first-order valence-electron chi connectivity index (χ1n) is 8.15. The third-order valence-electron chi connectivity index (χ3n) is 4.08. The number of hydrogen-bond acceptors (Lipinski definition) is 4. The maximum Gasteiger partial charge on any atom is 0.252 e. The highest BCUT2D eigenvalue weighted by Gasteiger charge is 2.15. The Morgan fingerprint density at radius 3 is 2.56 bits per heavy atom. The summed E-state index contributed by atoms with van der Waals surface area (Å²) in [5.74, 6) is -0.892. The molecule has 0 aliphatic carbocycles. The van der Waals surface area contributed by atoms with Crippen LogP contribution in [-0.2, 0) is 6.42 Å². The van der Waals surface area contributed by atoms with E-state index in [9.17, 15) is 15.0 Å². The summed E-state index contributed by atoms with van der Waals surface area (Å²) in [4.78, 5) is 11.3. The SMILES string of the molecule is NC(=O)c1cc([C@@H](O)CNC(CI)CCc2ccccc2)ccc1O. The van der Waals surface area contributed by atoms with Crippen LogP contribution in [0.2, 0.25) is 0 Å². The monoisotopic (exact) mass is 454 g/mol. The van der Waals surface area contributed by atoms with Gasteiger partial charge in [0.15, 0.2) is 0 Å². The van der Waals surface area contributed by atoms with Gasteiger partial charge in [0.1, 0.15) is 5.75 Å². The molecule has 0 bridgehead atoms. The van der Waals surface area contributed by atoms with E-state index >= 15 is 0 Å². The van der Waals surface area contributed by atoms with Crippen LogP contribution in [0.4, 0.5) is 0 Å². The van der Waals surface area contributed by atoms with E-state index in [0.717, 1.165) is 17.3 Å². The zero-order valence-electron chi connectivity index (χ0n) is 13.9. The molecule has 5 N–H and O–H groups in total. The highest BCUT2D eigenvalue weighted by atomic mass is 127. The topological polar surface area (TPSA) is 95.6 Å². The van der Waals surface area contributed by atoms with E-state index < -0.39 is 12.0 Å². The number of benzene rings is 2. The minimum absolute atomic E-state index is 0.0195. The Morgan fingerprint density at radius 2 is 1.92 bits per heavy atom. The Labute approximate surface area is 161 Å². The summed E-state index contributed by atoms with van der Waals surface area (Å²) in [6, 6.07) is 15.0. The molecule has 5 nitrogen and oxygen atoms in total. The second kappa shape index (κ2) is 9.74. The van der Waals surface area contributed by atoms with Crippen molar-refractivity contribution in [2.45, 2.75) is 25.0 Å². The van der Waals surface area contributed by atoms with Gasteiger partial charge < -0.3 is 21.3 Å². The zero-order chi connectivity index (χ0) is 18.2. The van der Waals surface area contributed by atoms with Crippen molar-refractivity contribution < 1.29 is 15.0 Å². The zero-order valence-corrected chi connectivity index (χ0v) is 16.0. The number of aryl methyl sites for hydroxylation is 1. The van der Waals surface area contributed by atoms with E-state index in [4.69, 9.17) is 5.73 Å². The van der Waals surface area contributed by atoms with Crippen LogP contribution in [-0.4, -0.2) is 33.1 Å². The molecule has 2 aromatic carbocycles. The van der Waals surface area contributed by atoms with Gasteiger partial charge in [-0.25, -0.2) is 0 Å². The number of aromatic hydroxyl groups is 1. The molecule has 1 amide bonds. The molecule has 0 aliphatic rings. The van der Waals surface area contributed by atoms with Crippen LogP contribution in [0.15, 0.2) is 48.5 Å². The fourth-order valence-corrected chi connectivity index (χ4v) is 3.33. The summed E-state index contributed by atoms with van der Waals surface area (Å²) < 4.78 is 0.930. The number of nitrogens with one attached hydrogen (secondary N) is 1. The van der Waals surface area contributed by atoms with E-state index in [2.05, 4.69) is 40.0 Å². The average Bonchev–Trinajstić information content (AvgIpc) is 2.62. The third kappa shape index (κ3) is 5.98. The number of aliphatic hydroxyl groups excluding tert-OH is 1. The molecule has 0 spiro atoms. The molecular formula is C19H23IN2O3. The van der Waals surface area contributed by atoms with Gasteiger partial charge >= 0.3 is 0 Å².